The van der Waals surface area contributed by atoms with Crippen LogP contribution in [0.5, 0.6) is 0 Å². The molecule has 0 aliphatic carbocycles. The van der Waals surface area contributed by atoms with Crippen LogP contribution >= 0.6 is 0 Å². The summed E-state index contributed by atoms with van der Waals surface area (Å²) in [5.74, 6) is 6.02. The number of hydrogen-bond donors (Lipinski definition) is 1. The Balaban J connectivity index is 2.85. The van der Waals surface area contributed by atoms with Crippen molar-refractivity contribution in [2.24, 2.45) is 5.73 Å². The Kier molecular flexibility index (Phi) is 2.75. The molecule has 0 atom stereocenters. The molecule has 1 rings (SSSR count). The van der Waals surface area contributed by atoms with E-state index < -0.39 is 5.54 Å². The van der Waals surface area contributed by atoms with E-state index in [1.165, 1.54) is 5.56 Å². The quantitative estimate of drug-likeness (QED) is 0.597. The maximum Gasteiger partial charge on any atom is 0.0722 e. The van der Waals surface area contributed by atoms with Crippen molar-refractivity contribution < 1.29 is 0 Å². The van der Waals surface area contributed by atoms with Crippen LogP contribution in [0.1, 0.15) is 25.0 Å². The molecular weight excluding hydrogens is 158 g/mol. The van der Waals surface area contributed by atoms with Crippen LogP contribution < -0.4 is 5.73 Å². The first-order valence-corrected chi connectivity index (χ1v) is 4.36. The maximum atomic E-state index is 5.74. The molecule has 0 saturated carbocycles. The molecule has 1 aromatic carbocycles. The lowest BCUT2D eigenvalue weighted by molar-refractivity contribution is 0.680. The normalized spacial score (nSPS) is 10.5. The minimum absolute atomic E-state index is 0.412. The van der Waals surface area contributed by atoms with Gasteiger partial charge in [-0.15, -0.1) is 0 Å². The number of rotatable bonds is 0. The topological polar surface area (TPSA) is 26.0 Å². The Bertz CT molecular complexity index is 330. The Morgan fingerprint density at radius 3 is 2.15 bits per heavy atom. The molecule has 1 heteroatoms. The van der Waals surface area contributed by atoms with Crippen LogP contribution in [0, 0.1) is 18.8 Å². The molecule has 1 aromatic rings. The molecule has 0 heterocycles. The van der Waals surface area contributed by atoms with Crippen molar-refractivity contribution in [1.29, 1.82) is 0 Å². The fourth-order valence-corrected chi connectivity index (χ4v) is 0.870. The molecular formula is C12H15N. The van der Waals surface area contributed by atoms with Gasteiger partial charge in [0.1, 0.15) is 0 Å². The lowest BCUT2D eigenvalue weighted by Crippen LogP contribution is -2.29. The summed E-state index contributed by atoms with van der Waals surface area (Å²) >= 11 is 0. The van der Waals surface area contributed by atoms with E-state index in [2.05, 4.69) is 18.8 Å². The fourth-order valence-electron chi connectivity index (χ4n) is 0.870. The molecule has 0 unspecified atom stereocenters. The predicted octanol–water partition coefficient (Wildman–Crippen LogP) is 2.08. The molecule has 68 valence electrons. The first-order chi connectivity index (χ1) is 5.97. The van der Waals surface area contributed by atoms with E-state index in [-0.39, 0.29) is 0 Å². The summed E-state index contributed by atoms with van der Waals surface area (Å²) in [6.07, 6.45) is 0. The molecule has 0 aromatic heterocycles. The largest absolute Gasteiger partial charge is 0.316 e. The Hall–Kier alpha value is -1.26. The lowest BCUT2D eigenvalue weighted by Gasteiger charge is -2.07. The van der Waals surface area contributed by atoms with Crippen molar-refractivity contribution in [3.05, 3.63) is 35.4 Å². The first kappa shape index (κ1) is 9.83. The molecule has 0 bridgehead atoms. The lowest BCUT2D eigenvalue weighted by atomic mass is 10.1. The number of benzene rings is 1. The smallest absolute Gasteiger partial charge is 0.0722 e. The van der Waals surface area contributed by atoms with Crippen LogP contribution in [0.15, 0.2) is 24.3 Å². The Labute approximate surface area is 80.0 Å². The zero-order chi connectivity index (χ0) is 9.90. The van der Waals surface area contributed by atoms with E-state index in [1.807, 2.05) is 38.1 Å². The molecule has 0 radical (unpaired) electrons. The SMILES string of the molecule is Cc1ccc(C#CC(C)(C)N)cc1. The van der Waals surface area contributed by atoms with Crippen molar-refractivity contribution in [3.63, 3.8) is 0 Å². The fraction of sp³-hybridized carbons (Fsp3) is 0.333. The minimum Gasteiger partial charge on any atom is -0.316 e. The van der Waals surface area contributed by atoms with E-state index >= 15 is 0 Å². The molecule has 13 heavy (non-hydrogen) atoms. The number of aryl methyl sites for hydroxylation is 1. The van der Waals surface area contributed by atoms with Crippen LogP contribution in [-0.2, 0) is 0 Å². The molecule has 1 nitrogen and oxygen atoms in total. The third kappa shape index (κ3) is 3.78. The van der Waals surface area contributed by atoms with Crippen molar-refractivity contribution in [1.82, 2.24) is 0 Å². The van der Waals surface area contributed by atoms with E-state index in [0.717, 1.165) is 5.56 Å². The summed E-state index contributed by atoms with van der Waals surface area (Å²) in [6.45, 7) is 5.85. The molecule has 0 aliphatic rings. The summed E-state index contributed by atoms with van der Waals surface area (Å²) in [5, 5.41) is 0. The summed E-state index contributed by atoms with van der Waals surface area (Å²) in [7, 11) is 0. The number of nitrogens with two attached hydrogens (primary N) is 1. The summed E-state index contributed by atoms with van der Waals surface area (Å²) in [6, 6.07) is 8.11. The van der Waals surface area contributed by atoms with Gasteiger partial charge in [-0.25, -0.2) is 0 Å². The summed E-state index contributed by atoms with van der Waals surface area (Å²) in [5.41, 5.74) is 7.59. The molecule has 0 amide bonds. The van der Waals surface area contributed by atoms with Gasteiger partial charge >= 0.3 is 0 Å². The van der Waals surface area contributed by atoms with Crippen molar-refractivity contribution >= 4 is 0 Å². The Morgan fingerprint density at radius 2 is 1.69 bits per heavy atom. The highest BCUT2D eigenvalue weighted by Gasteiger charge is 2.03. The highest BCUT2D eigenvalue weighted by Crippen LogP contribution is 2.02. The third-order valence-electron chi connectivity index (χ3n) is 1.58. The van der Waals surface area contributed by atoms with Crippen LogP contribution in [-0.4, -0.2) is 5.54 Å². The van der Waals surface area contributed by atoms with E-state index in [0.29, 0.717) is 0 Å². The van der Waals surface area contributed by atoms with Gasteiger partial charge in [0.15, 0.2) is 0 Å². The second-order valence-corrected chi connectivity index (χ2v) is 3.84. The molecule has 2 N–H and O–H groups in total. The predicted molar refractivity (Wildman–Crippen MR) is 56.3 cm³/mol. The average molecular weight is 173 g/mol. The molecule has 0 spiro atoms. The maximum absolute atomic E-state index is 5.74. The van der Waals surface area contributed by atoms with Crippen molar-refractivity contribution in [2.45, 2.75) is 26.3 Å². The van der Waals surface area contributed by atoms with Crippen molar-refractivity contribution in [2.75, 3.05) is 0 Å². The van der Waals surface area contributed by atoms with Crippen LogP contribution in [0.2, 0.25) is 0 Å². The van der Waals surface area contributed by atoms with Gasteiger partial charge in [-0.1, -0.05) is 29.5 Å². The molecule has 0 fully saturated rings. The van der Waals surface area contributed by atoms with Gasteiger partial charge in [-0.05, 0) is 32.9 Å². The highest BCUT2D eigenvalue weighted by atomic mass is 14.7. The van der Waals surface area contributed by atoms with E-state index in [9.17, 15) is 0 Å². The zero-order valence-corrected chi connectivity index (χ0v) is 8.39. The molecule has 0 saturated heterocycles. The van der Waals surface area contributed by atoms with Crippen LogP contribution in [0.4, 0.5) is 0 Å². The van der Waals surface area contributed by atoms with Gasteiger partial charge in [-0.2, -0.15) is 0 Å². The monoisotopic (exact) mass is 173 g/mol. The minimum atomic E-state index is -0.412. The zero-order valence-electron chi connectivity index (χ0n) is 8.39. The van der Waals surface area contributed by atoms with Gasteiger partial charge in [0.2, 0.25) is 0 Å². The van der Waals surface area contributed by atoms with Gasteiger partial charge < -0.3 is 5.73 Å². The second-order valence-electron chi connectivity index (χ2n) is 3.84. The third-order valence-corrected chi connectivity index (χ3v) is 1.58. The van der Waals surface area contributed by atoms with Crippen molar-refractivity contribution in [3.8, 4) is 11.8 Å². The summed E-state index contributed by atoms with van der Waals surface area (Å²) < 4.78 is 0. The van der Waals surface area contributed by atoms with Gasteiger partial charge in [-0.3, -0.25) is 0 Å². The van der Waals surface area contributed by atoms with Crippen LogP contribution in [0.25, 0.3) is 0 Å². The average Bonchev–Trinajstić information content (AvgIpc) is 2.02. The van der Waals surface area contributed by atoms with Crippen LogP contribution in [0.3, 0.4) is 0 Å². The highest BCUT2D eigenvalue weighted by molar-refractivity contribution is 5.37. The standard InChI is InChI=1S/C12H15N/c1-10-4-6-11(7-5-10)8-9-12(2,3)13/h4-7H,13H2,1-3H3. The first-order valence-electron chi connectivity index (χ1n) is 4.36. The number of hydrogen-bond acceptors (Lipinski definition) is 1. The van der Waals surface area contributed by atoms with E-state index in [4.69, 9.17) is 5.73 Å². The van der Waals surface area contributed by atoms with Gasteiger partial charge in [0, 0.05) is 5.56 Å². The second kappa shape index (κ2) is 3.64. The Morgan fingerprint density at radius 1 is 1.15 bits per heavy atom. The van der Waals surface area contributed by atoms with Gasteiger partial charge in [0.25, 0.3) is 0 Å². The van der Waals surface area contributed by atoms with Gasteiger partial charge in [0.05, 0.1) is 5.54 Å². The molecule has 0 aliphatic heterocycles. The summed E-state index contributed by atoms with van der Waals surface area (Å²) in [4.78, 5) is 0. The van der Waals surface area contributed by atoms with E-state index in [1.54, 1.807) is 0 Å².